The Labute approximate surface area is 151 Å². The Morgan fingerprint density at radius 3 is 2.23 bits per heavy atom. The number of benzene rings is 2. The van der Waals surface area contributed by atoms with E-state index in [-0.39, 0.29) is 6.61 Å². The molecule has 0 aliphatic heterocycles. The van der Waals surface area contributed by atoms with Gasteiger partial charge in [-0.05, 0) is 43.3 Å². The molecule has 2 aromatic carbocycles. The molecular weight excluding hydrogens is 340 g/mol. The number of urea groups is 1. The second kappa shape index (κ2) is 9.16. The number of carbonyl (C=O) groups excluding carboxylic acids is 2. The lowest BCUT2D eigenvalue weighted by Gasteiger charge is -2.12. The van der Waals surface area contributed by atoms with Crippen molar-refractivity contribution in [1.82, 2.24) is 0 Å². The molecule has 138 valence electrons. The number of anilines is 2. The van der Waals surface area contributed by atoms with Gasteiger partial charge in [-0.15, -0.1) is 0 Å². The first-order valence-corrected chi connectivity index (χ1v) is 7.80. The highest BCUT2D eigenvalue weighted by molar-refractivity contribution is 6.00. The van der Waals surface area contributed by atoms with Crippen LogP contribution in [0.25, 0.3) is 0 Å². The molecule has 0 bridgehead atoms. The Kier molecular flexibility index (Phi) is 6.67. The lowest BCUT2D eigenvalue weighted by Crippen LogP contribution is -2.19. The van der Waals surface area contributed by atoms with Gasteiger partial charge in [0.05, 0.1) is 26.5 Å². The van der Waals surface area contributed by atoms with E-state index in [1.807, 2.05) is 0 Å². The van der Waals surface area contributed by atoms with Crippen LogP contribution in [0.4, 0.5) is 21.0 Å². The minimum atomic E-state index is -0.781. The molecule has 8 nitrogen and oxygen atoms in total. The third kappa shape index (κ3) is 5.30. The van der Waals surface area contributed by atoms with E-state index in [0.717, 1.165) is 0 Å². The largest absolute Gasteiger partial charge is 0.513 e. The lowest BCUT2D eigenvalue weighted by molar-refractivity contribution is 0.104. The van der Waals surface area contributed by atoms with Gasteiger partial charge < -0.3 is 29.6 Å². The summed E-state index contributed by atoms with van der Waals surface area (Å²) in [5.74, 6) is 1.39. The van der Waals surface area contributed by atoms with Crippen molar-refractivity contribution in [1.29, 1.82) is 0 Å². The zero-order valence-electron chi connectivity index (χ0n) is 14.7. The summed E-state index contributed by atoms with van der Waals surface area (Å²) >= 11 is 0. The second-order valence-corrected chi connectivity index (χ2v) is 4.95. The molecule has 0 aromatic heterocycles. The maximum Gasteiger partial charge on any atom is 0.513 e. The van der Waals surface area contributed by atoms with Crippen LogP contribution in [0.15, 0.2) is 42.5 Å². The van der Waals surface area contributed by atoms with Gasteiger partial charge in [0.25, 0.3) is 0 Å². The highest BCUT2D eigenvalue weighted by atomic mass is 16.7. The molecule has 0 atom stereocenters. The summed E-state index contributed by atoms with van der Waals surface area (Å²) in [5.41, 5.74) is 0.979. The molecule has 2 rings (SSSR count). The van der Waals surface area contributed by atoms with Gasteiger partial charge in [0.1, 0.15) is 17.2 Å². The molecule has 0 radical (unpaired) electrons. The maximum atomic E-state index is 12.2. The van der Waals surface area contributed by atoms with E-state index in [1.54, 1.807) is 49.4 Å². The van der Waals surface area contributed by atoms with Crippen LogP contribution < -0.4 is 24.8 Å². The number of ether oxygens (including phenoxy) is 4. The zero-order valence-corrected chi connectivity index (χ0v) is 14.7. The van der Waals surface area contributed by atoms with Crippen molar-refractivity contribution in [2.24, 2.45) is 0 Å². The monoisotopic (exact) mass is 360 g/mol. The number of nitrogens with one attached hydrogen (secondary N) is 2. The Morgan fingerprint density at radius 2 is 1.62 bits per heavy atom. The fourth-order valence-corrected chi connectivity index (χ4v) is 2.05. The molecule has 0 heterocycles. The van der Waals surface area contributed by atoms with Crippen LogP contribution in [0, 0.1) is 0 Å². The van der Waals surface area contributed by atoms with Gasteiger partial charge in [-0.2, -0.15) is 0 Å². The number of hydrogen-bond acceptors (Lipinski definition) is 6. The Morgan fingerprint density at radius 1 is 0.923 bits per heavy atom. The average Bonchev–Trinajstić information content (AvgIpc) is 2.63. The van der Waals surface area contributed by atoms with Crippen molar-refractivity contribution >= 4 is 23.6 Å². The highest BCUT2D eigenvalue weighted by Gasteiger charge is 2.10. The standard InChI is InChI=1S/C18H20N2O6/c1-4-25-18(22)26-13-7-5-12(6-8-13)19-17(21)20-15-11-14(23-2)9-10-16(15)24-3/h5-11H,4H2,1-3H3,(H2,19,20,21). The van der Waals surface area contributed by atoms with Gasteiger partial charge in [-0.25, -0.2) is 9.59 Å². The third-order valence-corrected chi connectivity index (χ3v) is 3.23. The van der Waals surface area contributed by atoms with Crippen LogP contribution in [-0.2, 0) is 4.74 Å². The number of rotatable bonds is 6. The number of methoxy groups -OCH3 is 2. The molecule has 0 spiro atoms. The SMILES string of the molecule is CCOC(=O)Oc1ccc(NC(=O)Nc2cc(OC)ccc2OC)cc1. The van der Waals surface area contributed by atoms with E-state index in [1.165, 1.54) is 14.2 Å². The van der Waals surface area contributed by atoms with Crippen LogP contribution in [0.5, 0.6) is 17.2 Å². The molecule has 0 saturated carbocycles. The predicted octanol–water partition coefficient (Wildman–Crippen LogP) is 3.88. The molecule has 2 aromatic rings. The molecular formula is C18H20N2O6. The first-order valence-electron chi connectivity index (χ1n) is 7.80. The maximum absolute atomic E-state index is 12.2. The smallest absolute Gasteiger partial charge is 0.497 e. The number of carbonyl (C=O) groups is 2. The van der Waals surface area contributed by atoms with Gasteiger partial charge in [0, 0.05) is 11.8 Å². The van der Waals surface area contributed by atoms with Crippen LogP contribution >= 0.6 is 0 Å². The summed E-state index contributed by atoms with van der Waals surface area (Å²) in [4.78, 5) is 23.4. The molecule has 0 aliphatic carbocycles. The predicted molar refractivity (Wildman–Crippen MR) is 96.3 cm³/mol. The first-order chi connectivity index (χ1) is 12.5. The van der Waals surface area contributed by atoms with Crippen molar-refractivity contribution < 1.29 is 28.5 Å². The van der Waals surface area contributed by atoms with Gasteiger partial charge >= 0.3 is 12.2 Å². The van der Waals surface area contributed by atoms with Crippen LogP contribution in [0.3, 0.4) is 0 Å². The molecule has 0 fully saturated rings. The fraction of sp³-hybridized carbons (Fsp3) is 0.222. The van der Waals surface area contributed by atoms with E-state index >= 15 is 0 Å². The first kappa shape index (κ1) is 18.9. The minimum absolute atomic E-state index is 0.229. The van der Waals surface area contributed by atoms with E-state index in [4.69, 9.17) is 14.2 Å². The van der Waals surface area contributed by atoms with Crippen molar-refractivity contribution in [3.05, 3.63) is 42.5 Å². The molecule has 0 aliphatic rings. The molecule has 0 unspecified atom stereocenters. The quantitative estimate of drug-likeness (QED) is 0.599. The fourth-order valence-electron chi connectivity index (χ4n) is 2.05. The summed E-state index contributed by atoms with van der Waals surface area (Å²) in [7, 11) is 3.04. The van der Waals surface area contributed by atoms with Gasteiger partial charge in [-0.1, -0.05) is 0 Å². The Balaban J connectivity index is 1.98. The van der Waals surface area contributed by atoms with Gasteiger partial charge in [0.2, 0.25) is 0 Å². The highest BCUT2D eigenvalue weighted by Crippen LogP contribution is 2.29. The molecule has 26 heavy (non-hydrogen) atoms. The Hall–Kier alpha value is -3.42. The Bertz CT molecular complexity index is 761. The van der Waals surface area contributed by atoms with Crippen LogP contribution in [0.2, 0.25) is 0 Å². The summed E-state index contributed by atoms with van der Waals surface area (Å²) < 4.78 is 20.0. The molecule has 2 amide bonds. The average molecular weight is 360 g/mol. The zero-order chi connectivity index (χ0) is 18.9. The van der Waals surface area contributed by atoms with Crippen molar-refractivity contribution in [3.8, 4) is 17.2 Å². The molecule has 2 N–H and O–H groups in total. The van der Waals surface area contributed by atoms with Crippen LogP contribution in [-0.4, -0.2) is 33.0 Å². The van der Waals surface area contributed by atoms with Crippen molar-refractivity contribution in [2.45, 2.75) is 6.92 Å². The summed E-state index contributed by atoms with van der Waals surface area (Å²) in [5, 5.41) is 5.35. The van der Waals surface area contributed by atoms with Crippen molar-refractivity contribution in [2.75, 3.05) is 31.5 Å². The van der Waals surface area contributed by atoms with Gasteiger partial charge in [-0.3, -0.25) is 0 Å². The second-order valence-electron chi connectivity index (χ2n) is 4.95. The van der Waals surface area contributed by atoms with E-state index in [0.29, 0.717) is 28.6 Å². The van der Waals surface area contributed by atoms with E-state index < -0.39 is 12.2 Å². The third-order valence-electron chi connectivity index (χ3n) is 3.23. The summed E-state index contributed by atoms with van der Waals surface area (Å²) in [6.07, 6.45) is -0.781. The number of amides is 2. The normalized spacial score (nSPS) is 9.81. The summed E-state index contributed by atoms with van der Waals surface area (Å²) in [6.45, 7) is 1.91. The van der Waals surface area contributed by atoms with Crippen molar-refractivity contribution in [3.63, 3.8) is 0 Å². The minimum Gasteiger partial charge on any atom is -0.497 e. The van der Waals surface area contributed by atoms with Crippen LogP contribution in [0.1, 0.15) is 6.92 Å². The summed E-state index contributed by atoms with van der Waals surface area (Å²) in [6, 6.07) is 10.9. The van der Waals surface area contributed by atoms with E-state index in [2.05, 4.69) is 15.4 Å². The topological polar surface area (TPSA) is 95.1 Å². The lowest BCUT2D eigenvalue weighted by atomic mass is 10.2. The molecule has 0 saturated heterocycles. The van der Waals surface area contributed by atoms with Gasteiger partial charge in [0.15, 0.2) is 0 Å². The number of hydrogen-bond donors (Lipinski definition) is 2. The molecule has 8 heteroatoms. The van der Waals surface area contributed by atoms with E-state index in [9.17, 15) is 9.59 Å².